The molecule has 1 aromatic rings. The molecule has 9 nitrogen and oxygen atoms in total. The van der Waals surface area contributed by atoms with E-state index in [1.165, 1.54) is 16.8 Å². The lowest BCUT2D eigenvalue weighted by Gasteiger charge is -2.23. The molecule has 0 aliphatic carbocycles. The Morgan fingerprint density at radius 1 is 1.03 bits per heavy atom. The molecular weight excluding hydrogens is 468 g/mol. The van der Waals surface area contributed by atoms with Crippen LogP contribution in [0.5, 0.6) is 0 Å². The molecule has 33 heavy (non-hydrogen) atoms. The van der Waals surface area contributed by atoms with Crippen LogP contribution < -0.4 is 11.2 Å². The highest BCUT2D eigenvalue weighted by molar-refractivity contribution is 8.00. The molecule has 1 unspecified atom stereocenters. The number of aromatic amines is 1. The molecule has 1 N–H and O–H groups in total. The smallest absolute Gasteiger partial charge is 0.329 e. The van der Waals surface area contributed by atoms with Crippen LogP contribution in [0.3, 0.4) is 0 Å². The summed E-state index contributed by atoms with van der Waals surface area (Å²) in [5.41, 5.74) is -0.791. The van der Waals surface area contributed by atoms with E-state index in [4.69, 9.17) is 18.9 Å². The first-order valence-electron chi connectivity index (χ1n) is 11.5. The summed E-state index contributed by atoms with van der Waals surface area (Å²) in [7, 11) is -0.753. The molecule has 0 spiro atoms. The summed E-state index contributed by atoms with van der Waals surface area (Å²) in [4.78, 5) is 25.4. The fourth-order valence-corrected chi connectivity index (χ4v) is 8.31. The Morgan fingerprint density at radius 2 is 1.67 bits per heavy atom. The molecule has 5 heterocycles. The summed E-state index contributed by atoms with van der Waals surface area (Å²) in [5, 5.41) is 0.286. The molecule has 186 valence electrons. The number of H-pyrrole nitrogens is 1. The topological polar surface area (TPSA) is 109 Å². The van der Waals surface area contributed by atoms with E-state index in [1.54, 1.807) is 11.8 Å². The third-order valence-electron chi connectivity index (χ3n) is 6.31. The maximum Gasteiger partial charge on any atom is 0.329 e. The van der Waals surface area contributed by atoms with Gasteiger partial charge in [0.2, 0.25) is 0 Å². The molecule has 0 amide bonds. The molecule has 8 atom stereocenters. The van der Waals surface area contributed by atoms with Crippen LogP contribution in [0.1, 0.15) is 59.8 Å². The predicted molar refractivity (Wildman–Crippen MR) is 127 cm³/mol. The van der Waals surface area contributed by atoms with Crippen molar-refractivity contribution in [1.82, 2.24) is 9.55 Å². The number of nitrogens with zero attached hydrogens (tertiary/aromatic N) is 1. The summed E-state index contributed by atoms with van der Waals surface area (Å²) in [5.74, 6) is -0.465. The average Bonchev–Trinajstić information content (AvgIpc) is 3.37. The number of hydrogen-bond acceptors (Lipinski definition) is 8. The summed E-state index contributed by atoms with van der Waals surface area (Å²) in [6, 6.07) is 1.36. The molecule has 1 aromatic heterocycles. The van der Waals surface area contributed by atoms with Crippen LogP contribution in [0.4, 0.5) is 0 Å². The number of fused-ring (bicyclic) bond motifs is 2. The van der Waals surface area contributed by atoms with Crippen LogP contribution >= 0.6 is 11.8 Å². The second-order valence-electron chi connectivity index (χ2n) is 9.69. The largest absolute Gasteiger partial charge is 0.344 e. The van der Waals surface area contributed by atoms with Crippen molar-refractivity contribution in [2.45, 2.75) is 106 Å². The standard InChI is InChI=1S/C13H18N2O4S.C9H16O3S/c1-4-7-9-10(19-13(2,3)18-9)11(20-7)15-6-5-8(16)14-12(15)17;1-4-7-8-6(5-13(7)10)11-9(2,3)12-8/h5-7,9-11H,4H2,1-3H3,(H,14,16,17);6-8H,4-5H2,1-3H3/t7-,9-,10-,11?;6-,7+,8-,13-/m10/s1. The summed E-state index contributed by atoms with van der Waals surface area (Å²) >= 11 is 1.67. The van der Waals surface area contributed by atoms with Crippen molar-refractivity contribution >= 4 is 22.6 Å². The highest BCUT2D eigenvalue weighted by atomic mass is 32.2. The molecule has 0 saturated carbocycles. The molecular formula is C22H34N2O7S2. The molecule has 5 rings (SSSR count). The zero-order chi connectivity index (χ0) is 24.1. The van der Waals surface area contributed by atoms with Gasteiger partial charge in [0.1, 0.15) is 23.7 Å². The zero-order valence-electron chi connectivity index (χ0n) is 19.9. The Labute approximate surface area is 200 Å². The Balaban J connectivity index is 0.000000172. The van der Waals surface area contributed by atoms with Gasteiger partial charge < -0.3 is 18.9 Å². The quantitative estimate of drug-likeness (QED) is 0.670. The van der Waals surface area contributed by atoms with Gasteiger partial charge in [-0.3, -0.25) is 18.6 Å². The lowest BCUT2D eigenvalue weighted by molar-refractivity contribution is -0.149. The Kier molecular flexibility index (Phi) is 7.03. The minimum atomic E-state index is -0.753. The van der Waals surface area contributed by atoms with E-state index >= 15 is 0 Å². The normalized spacial score (nSPS) is 40.2. The van der Waals surface area contributed by atoms with Crippen molar-refractivity contribution in [2.24, 2.45) is 0 Å². The molecule has 4 saturated heterocycles. The number of hydrogen-bond donors (Lipinski definition) is 1. The van der Waals surface area contributed by atoms with E-state index in [0.717, 1.165) is 12.8 Å². The van der Waals surface area contributed by atoms with E-state index in [9.17, 15) is 13.8 Å². The third-order valence-corrected chi connectivity index (χ3v) is 9.97. The van der Waals surface area contributed by atoms with Crippen molar-refractivity contribution < 1.29 is 23.2 Å². The van der Waals surface area contributed by atoms with Crippen LogP contribution in [0, 0.1) is 0 Å². The summed E-state index contributed by atoms with van der Waals surface area (Å²) in [6.45, 7) is 11.8. The van der Waals surface area contributed by atoms with Gasteiger partial charge in [0.15, 0.2) is 11.6 Å². The predicted octanol–water partition coefficient (Wildman–Crippen LogP) is 2.13. The average molecular weight is 503 g/mol. The van der Waals surface area contributed by atoms with Crippen LogP contribution in [0.2, 0.25) is 0 Å². The van der Waals surface area contributed by atoms with Gasteiger partial charge in [0.05, 0.1) is 17.1 Å². The second-order valence-corrected chi connectivity index (χ2v) is 12.7. The van der Waals surface area contributed by atoms with E-state index in [-0.39, 0.29) is 45.8 Å². The van der Waals surface area contributed by atoms with Crippen molar-refractivity contribution in [3.63, 3.8) is 0 Å². The monoisotopic (exact) mass is 502 g/mol. The first-order valence-corrected chi connectivity index (χ1v) is 13.8. The first kappa shape index (κ1) is 25.1. The summed E-state index contributed by atoms with van der Waals surface area (Å²) in [6.07, 6.45) is 3.30. The van der Waals surface area contributed by atoms with Crippen molar-refractivity contribution in [2.75, 3.05) is 5.75 Å². The number of aromatic nitrogens is 2. The fraction of sp³-hybridized carbons (Fsp3) is 0.818. The van der Waals surface area contributed by atoms with Gasteiger partial charge in [-0.2, -0.15) is 0 Å². The Hall–Kier alpha value is -0.980. The number of ether oxygens (including phenoxy) is 4. The van der Waals surface area contributed by atoms with Crippen molar-refractivity contribution in [3.8, 4) is 0 Å². The van der Waals surface area contributed by atoms with Gasteiger partial charge in [0, 0.05) is 28.3 Å². The first-order chi connectivity index (χ1) is 15.4. The van der Waals surface area contributed by atoms with Crippen molar-refractivity contribution in [3.05, 3.63) is 33.1 Å². The van der Waals surface area contributed by atoms with E-state index < -0.39 is 28.1 Å². The Morgan fingerprint density at radius 3 is 2.30 bits per heavy atom. The molecule has 4 aliphatic heterocycles. The zero-order valence-corrected chi connectivity index (χ0v) is 21.6. The van der Waals surface area contributed by atoms with Crippen LogP contribution in [-0.4, -0.2) is 66.0 Å². The number of rotatable bonds is 3. The van der Waals surface area contributed by atoms with E-state index in [0.29, 0.717) is 5.75 Å². The van der Waals surface area contributed by atoms with Gasteiger partial charge in [-0.15, -0.1) is 11.8 Å². The van der Waals surface area contributed by atoms with Gasteiger partial charge in [-0.1, -0.05) is 13.8 Å². The van der Waals surface area contributed by atoms with Crippen LogP contribution in [0.25, 0.3) is 0 Å². The molecule has 4 fully saturated rings. The molecule has 11 heteroatoms. The summed E-state index contributed by atoms with van der Waals surface area (Å²) < 4.78 is 36.4. The molecule has 0 aromatic carbocycles. The van der Waals surface area contributed by atoms with Gasteiger partial charge in [0.25, 0.3) is 5.56 Å². The maximum absolute atomic E-state index is 12.0. The number of nitrogens with one attached hydrogen (secondary N) is 1. The van der Waals surface area contributed by atoms with Crippen LogP contribution in [0.15, 0.2) is 21.9 Å². The maximum atomic E-state index is 12.0. The highest BCUT2D eigenvalue weighted by Gasteiger charge is 2.55. The van der Waals surface area contributed by atoms with Gasteiger partial charge in [-0.25, -0.2) is 4.79 Å². The molecule has 0 bridgehead atoms. The second kappa shape index (κ2) is 9.23. The van der Waals surface area contributed by atoms with Crippen LogP contribution in [-0.2, 0) is 29.7 Å². The lowest BCUT2D eigenvalue weighted by atomic mass is 10.1. The fourth-order valence-electron chi connectivity index (χ4n) is 5.00. The third kappa shape index (κ3) is 5.04. The van der Waals surface area contributed by atoms with E-state index in [1.807, 2.05) is 27.7 Å². The molecule has 4 aliphatic rings. The highest BCUT2D eigenvalue weighted by Crippen LogP contribution is 2.51. The van der Waals surface area contributed by atoms with Gasteiger partial charge in [-0.05, 0) is 40.5 Å². The lowest BCUT2D eigenvalue weighted by Crippen LogP contribution is -2.36. The Bertz CT molecular complexity index is 1010. The minimum Gasteiger partial charge on any atom is -0.344 e. The molecule has 0 radical (unpaired) electrons. The van der Waals surface area contributed by atoms with Crippen molar-refractivity contribution in [1.29, 1.82) is 0 Å². The van der Waals surface area contributed by atoms with Gasteiger partial charge >= 0.3 is 5.69 Å². The number of thioether (sulfide) groups is 1. The van der Waals surface area contributed by atoms with E-state index in [2.05, 4.69) is 18.8 Å². The minimum absolute atomic E-state index is 0.0242. The SMILES string of the molecule is CC[C@@H]1[C@H]2OC(C)(C)O[C@H]2C[S@@]1=O.CC[C@H]1SC(n2ccc(=O)[nH]c2=O)[C@@H]2OC(C)(C)O[C@H]12.